The van der Waals surface area contributed by atoms with Gasteiger partial charge in [0, 0.05) is 9.26 Å². The molecule has 2 aromatic rings. The molecule has 1 aromatic heterocycles. The molecule has 5 nitrogen and oxygen atoms in total. The van der Waals surface area contributed by atoms with Gasteiger partial charge in [-0.15, -0.1) is 0 Å². The second kappa shape index (κ2) is 4.44. The Hall–Kier alpha value is -2.06. The SMILES string of the molecule is N#Cc1ncn(-c2ccc(N)cc2I)c1C#N. The molecule has 0 saturated carbocycles. The van der Waals surface area contributed by atoms with Gasteiger partial charge in [0.2, 0.25) is 0 Å². The van der Waals surface area contributed by atoms with E-state index >= 15 is 0 Å². The van der Waals surface area contributed by atoms with Crippen molar-refractivity contribution < 1.29 is 0 Å². The highest BCUT2D eigenvalue weighted by atomic mass is 127. The molecule has 0 aliphatic carbocycles. The number of hydrogen-bond acceptors (Lipinski definition) is 4. The number of nitriles is 2. The number of nitrogens with two attached hydrogens (primary N) is 1. The third kappa shape index (κ3) is 1.95. The Morgan fingerprint density at radius 3 is 2.65 bits per heavy atom. The quantitative estimate of drug-likeness (QED) is 0.635. The molecule has 1 aromatic carbocycles. The van der Waals surface area contributed by atoms with Gasteiger partial charge in [-0.2, -0.15) is 10.5 Å². The second-order valence-electron chi connectivity index (χ2n) is 3.25. The van der Waals surface area contributed by atoms with Crippen molar-refractivity contribution in [2.24, 2.45) is 0 Å². The van der Waals surface area contributed by atoms with Gasteiger partial charge in [-0.05, 0) is 40.8 Å². The molecule has 2 N–H and O–H groups in total. The largest absolute Gasteiger partial charge is 0.399 e. The second-order valence-corrected chi connectivity index (χ2v) is 4.41. The Labute approximate surface area is 111 Å². The summed E-state index contributed by atoms with van der Waals surface area (Å²) in [5.41, 5.74) is 7.45. The summed E-state index contributed by atoms with van der Waals surface area (Å²) in [7, 11) is 0. The van der Waals surface area contributed by atoms with E-state index < -0.39 is 0 Å². The van der Waals surface area contributed by atoms with Gasteiger partial charge in [-0.1, -0.05) is 0 Å². The maximum absolute atomic E-state index is 9.04. The van der Waals surface area contributed by atoms with Crippen molar-refractivity contribution >= 4 is 28.3 Å². The molecule has 0 aliphatic rings. The van der Waals surface area contributed by atoms with E-state index in [-0.39, 0.29) is 11.4 Å². The summed E-state index contributed by atoms with van der Waals surface area (Å²) in [5.74, 6) is 0. The first-order chi connectivity index (χ1) is 8.17. The van der Waals surface area contributed by atoms with Crippen molar-refractivity contribution in [2.45, 2.75) is 0 Å². The van der Waals surface area contributed by atoms with Gasteiger partial charge in [0.15, 0.2) is 11.4 Å². The number of rotatable bonds is 1. The van der Waals surface area contributed by atoms with Gasteiger partial charge < -0.3 is 5.73 Å². The fourth-order valence-corrected chi connectivity index (χ4v) is 2.24. The molecule has 0 saturated heterocycles. The Morgan fingerprint density at radius 1 is 1.29 bits per heavy atom. The molecule has 2 rings (SSSR count). The van der Waals surface area contributed by atoms with E-state index in [0.29, 0.717) is 5.69 Å². The Morgan fingerprint density at radius 2 is 2.06 bits per heavy atom. The third-order valence-electron chi connectivity index (χ3n) is 2.21. The van der Waals surface area contributed by atoms with Crippen LogP contribution in [0.15, 0.2) is 24.5 Å². The van der Waals surface area contributed by atoms with Crippen LogP contribution in [0, 0.1) is 26.2 Å². The van der Waals surface area contributed by atoms with E-state index in [0.717, 1.165) is 9.26 Å². The van der Waals surface area contributed by atoms with Crippen molar-refractivity contribution in [1.29, 1.82) is 10.5 Å². The standard InChI is InChI=1S/C11H6IN5/c12-8-3-7(15)1-2-10(8)17-6-16-9(4-13)11(17)5-14/h1-3,6H,15H2. The molecular weight excluding hydrogens is 329 g/mol. The van der Waals surface area contributed by atoms with Crippen LogP contribution in [-0.4, -0.2) is 9.55 Å². The highest BCUT2D eigenvalue weighted by Gasteiger charge is 2.13. The minimum Gasteiger partial charge on any atom is -0.399 e. The lowest BCUT2D eigenvalue weighted by Gasteiger charge is -2.07. The van der Waals surface area contributed by atoms with Gasteiger partial charge in [0.25, 0.3) is 0 Å². The van der Waals surface area contributed by atoms with Gasteiger partial charge >= 0.3 is 0 Å². The van der Waals surface area contributed by atoms with Gasteiger partial charge in [-0.3, -0.25) is 4.57 Å². The molecule has 1 heterocycles. The average Bonchev–Trinajstić information content (AvgIpc) is 2.71. The molecule has 6 heteroatoms. The molecule has 0 spiro atoms. The van der Waals surface area contributed by atoms with Crippen LogP contribution in [0.3, 0.4) is 0 Å². The lowest BCUT2D eigenvalue weighted by molar-refractivity contribution is 1.03. The molecule has 0 amide bonds. The topological polar surface area (TPSA) is 91.4 Å². The summed E-state index contributed by atoms with van der Waals surface area (Å²) < 4.78 is 2.47. The summed E-state index contributed by atoms with van der Waals surface area (Å²) in [5, 5.41) is 17.9. The predicted octanol–water partition coefficient (Wildman–Crippen LogP) is 1.80. The smallest absolute Gasteiger partial charge is 0.177 e. The van der Waals surface area contributed by atoms with Gasteiger partial charge in [0.05, 0.1) is 5.69 Å². The van der Waals surface area contributed by atoms with Crippen molar-refractivity contribution in [3.05, 3.63) is 39.5 Å². The monoisotopic (exact) mass is 335 g/mol. The lowest BCUT2D eigenvalue weighted by Crippen LogP contribution is -2.00. The Balaban J connectivity index is 2.66. The van der Waals surface area contributed by atoms with Crippen LogP contribution in [0.4, 0.5) is 5.69 Å². The summed E-state index contributed by atoms with van der Waals surface area (Å²) in [6, 6.07) is 9.19. The van der Waals surface area contributed by atoms with E-state index in [4.69, 9.17) is 16.3 Å². The van der Waals surface area contributed by atoms with Crippen LogP contribution in [0.2, 0.25) is 0 Å². The first-order valence-electron chi connectivity index (χ1n) is 4.60. The normalized spacial score (nSPS) is 9.59. The Bertz CT molecular complexity index is 659. The number of hydrogen-bond donors (Lipinski definition) is 1. The zero-order chi connectivity index (χ0) is 12.4. The zero-order valence-electron chi connectivity index (χ0n) is 8.55. The van der Waals surface area contributed by atoms with E-state index in [1.165, 1.54) is 6.33 Å². The van der Waals surface area contributed by atoms with Crippen LogP contribution in [-0.2, 0) is 0 Å². The number of aromatic nitrogens is 2. The number of anilines is 1. The van der Waals surface area contributed by atoms with Crippen LogP contribution in [0.5, 0.6) is 0 Å². The summed E-state index contributed by atoms with van der Waals surface area (Å²) in [6.45, 7) is 0. The van der Waals surface area contributed by atoms with E-state index in [9.17, 15) is 0 Å². The van der Waals surface area contributed by atoms with Crippen LogP contribution >= 0.6 is 22.6 Å². The van der Waals surface area contributed by atoms with Crippen molar-refractivity contribution in [2.75, 3.05) is 5.73 Å². The fourth-order valence-electron chi connectivity index (χ4n) is 1.44. The van der Waals surface area contributed by atoms with E-state index in [1.807, 2.05) is 12.1 Å². The number of halogens is 1. The van der Waals surface area contributed by atoms with Crippen molar-refractivity contribution in [3.8, 4) is 17.8 Å². The summed E-state index contributed by atoms with van der Waals surface area (Å²) >= 11 is 2.12. The fraction of sp³-hybridized carbons (Fsp3) is 0. The van der Waals surface area contributed by atoms with Gasteiger partial charge in [-0.25, -0.2) is 4.98 Å². The molecule has 82 valence electrons. The first kappa shape index (κ1) is 11.4. The minimum absolute atomic E-state index is 0.125. The number of nitrogen functional groups attached to an aromatic ring is 1. The molecule has 0 aliphatic heterocycles. The molecule has 0 atom stereocenters. The zero-order valence-corrected chi connectivity index (χ0v) is 10.7. The predicted molar refractivity (Wildman–Crippen MR) is 70.1 cm³/mol. The van der Waals surface area contributed by atoms with Crippen LogP contribution in [0.25, 0.3) is 5.69 Å². The maximum Gasteiger partial charge on any atom is 0.177 e. The molecule has 17 heavy (non-hydrogen) atoms. The lowest BCUT2D eigenvalue weighted by atomic mass is 10.2. The molecule has 0 unspecified atom stereocenters. The average molecular weight is 335 g/mol. The van der Waals surface area contributed by atoms with E-state index in [2.05, 4.69) is 27.6 Å². The van der Waals surface area contributed by atoms with Crippen molar-refractivity contribution in [1.82, 2.24) is 9.55 Å². The number of nitrogens with zero attached hydrogens (tertiary/aromatic N) is 4. The molecular formula is C11H6IN5. The summed E-state index contributed by atoms with van der Waals surface area (Å²) in [4.78, 5) is 3.89. The maximum atomic E-state index is 9.04. The summed E-state index contributed by atoms with van der Waals surface area (Å²) in [6.07, 6.45) is 1.46. The number of imidazole rings is 1. The first-order valence-corrected chi connectivity index (χ1v) is 5.68. The third-order valence-corrected chi connectivity index (χ3v) is 3.07. The van der Waals surface area contributed by atoms with Crippen LogP contribution < -0.4 is 5.73 Å². The molecule has 0 bridgehead atoms. The van der Waals surface area contributed by atoms with E-state index in [1.54, 1.807) is 22.8 Å². The number of benzene rings is 1. The highest BCUT2D eigenvalue weighted by molar-refractivity contribution is 14.1. The van der Waals surface area contributed by atoms with Crippen LogP contribution in [0.1, 0.15) is 11.4 Å². The Kier molecular flexibility index (Phi) is 2.98. The molecule has 0 fully saturated rings. The van der Waals surface area contributed by atoms with Gasteiger partial charge in [0.1, 0.15) is 18.5 Å². The minimum atomic E-state index is 0.125. The van der Waals surface area contributed by atoms with Crippen molar-refractivity contribution in [3.63, 3.8) is 0 Å². The molecule has 0 radical (unpaired) electrons. The highest BCUT2D eigenvalue weighted by Crippen LogP contribution is 2.22.